The summed E-state index contributed by atoms with van der Waals surface area (Å²) in [5.74, 6) is 2.21. The van der Waals surface area contributed by atoms with E-state index < -0.39 is 0 Å². The van der Waals surface area contributed by atoms with Crippen LogP contribution in [0.3, 0.4) is 0 Å². The number of allylic oxidation sites excluding steroid dienone is 1. The van der Waals surface area contributed by atoms with Crippen molar-refractivity contribution in [2.75, 3.05) is 34.4 Å². The zero-order valence-corrected chi connectivity index (χ0v) is 23.7. The van der Waals surface area contributed by atoms with E-state index in [1.165, 1.54) is 6.42 Å². The lowest BCUT2D eigenvalue weighted by Gasteiger charge is -2.20. The van der Waals surface area contributed by atoms with E-state index in [1.807, 2.05) is 48.5 Å². The molecular formula is C34H41NO4. The molecule has 0 aromatic heterocycles. The lowest BCUT2D eigenvalue weighted by atomic mass is 9.89. The largest absolute Gasteiger partial charge is 0.497 e. The molecule has 0 spiro atoms. The van der Waals surface area contributed by atoms with Gasteiger partial charge in [-0.1, -0.05) is 55.7 Å². The van der Waals surface area contributed by atoms with E-state index in [-0.39, 0.29) is 11.9 Å². The lowest BCUT2D eigenvalue weighted by molar-refractivity contribution is -0.139. The summed E-state index contributed by atoms with van der Waals surface area (Å²) in [6, 6.07) is 24.3. The van der Waals surface area contributed by atoms with Crippen LogP contribution < -0.4 is 14.2 Å². The number of hydrogen-bond donors (Lipinski definition) is 0. The minimum absolute atomic E-state index is 0.0230. The van der Waals surface area contributed by atoms with Crippen molar-refractivity contribution in [3.05, 3.63) is 89.5 Å². The van der Waals surface area contributed by atoms with Gasteiger partial charge in [0.2, 0.25) is 0 Å². The van der Waals surface area contributed by atoms with Crippen LogP contribution in [0.5, 0.6) is 17.2 Å². The first-order chi connectivity index (χ1) is 18.9. The molecule has 3 aromatic carbocycles. The van der Waals surface area contributed by atoms with Gasteiger partial charge in [-0.25, -0.2) is 0 Å². The number of esters is 1. The van der Waals surface area contributed by atoms with Crippen LogP contribution in [-0.4, -0.2) is 45.2 Å². The summed E-state index contributed by atoms with van der Waals surface area (Å²) in [5, 5.41) is 0. The predicted molar refractivity (Wildman–Crippen MR) is 158 cm³/mol. The zero-order valence-electron chi connectivity index (χ0n) is 23.7. The smallest absolute Gasteiger partial charge is 0.314 e. The Kier molecular flexibility index (Phi) is 10.2. The second-order valence-corrected chi connectivity index (χ2v) is 10.5. The number of carbonyl (C=O) groups excluding carboxylic acids is 1. The molecule has 0 heterocycles. The van der Waals surface area contributed by atoms with Gasteiger partial charge in [-0.2, -0.15) is 0 Å². The Hall–Kier alpha value is -3.57. The third-order valence-corrected chi connectivity index (χ3v) is 7.36. The van der Waals surface area contributed by atoms with Crippen molar-refractivity contribution in [3.63, 3.8) is 0 Å². The van der Waals surface area contributed by atoms with Crippen molar-refractivity contribution >= 4 is 17.1 Å². The van der Waals surface area contributed by atoms with Gasteiger partial charge >= 0.3 is 5.97 Å². The zero-order chi connectivity index (χ0) is 27.6. The molecule has 1 saturated carbocycles. The fraction of sp³-hybridized carbons (Fsp3) is 0.382. The number of carbonyl (C=O) groups is 1. The fourth-order valence-corrected chi connectivity index (χ4v) is 5.10. The first-order valence-corrected chi connectivity index (χ1v) is 14.0. The monoisotopic (exact) mass is 527 g/mol. The maximum Gasteiger partial charge on any atom is 0.314 e. The average Bonchev–Trinajstić information content (AvgIpc) is 2.97. The summed E-state index contributed by atoms with van der Waals surface area (Å²) in [7, 11) is 5.82. The molecule has 0 bridgehead atoms. The van der Waals surface area contributed by atoms with Gasteiger partial charge < -0.3 is 19.1 Å². The topological polar surface area (TPSA) is 48.0 Å². The fourth-order valence-electron chi connectivity index (χ4n) is 5.10. The highest BCUT2D eigenvalue weighted by Gasteiger charge is 2.23. The van der Waals surface area contributed by atoms with Crippen molar-refractivity contribution in [1.82, 2.24) is 4.90 Å². The minimum Gasteiger partial charge on any atom is -0.497 e. The molecule has 0 N–H and O–H groups in total. The quantitative estimate of drug-likeness (QED) is 0.112. The van der Waals surface area contributed by atoms with Crippen LogP contribution >= 0.6 is 0 Å². The standard InChI is InChI=1S/C34H41NO4/c1-25(26-11-17-30(37-4)18-12-26)33(27-13-19-31(20-14-27)38-24-8-23-35(2)3)28-15-21-32(22-16-28)39-34(36)29-9-6-5-7-10-29/h11-22,29H,5-10,23-24H2,1-4H3/b33-25+. The van der Waals surface area contributed by atoms with Crippen LogP contribution in [0.15, 0.2) is 72.8 Å². The second-order valence-electron chi connectivity index (χ2n) is 10.5. The van der Waals surface area contributed by atoms with Crippen LogP contribution in [0.25, 0.3) is 11.1 Å². The van der Waals surface area contributed by atoms with E-state index in [9.17, 15) is 4.79 Å². The maximum absolute atomic E-state index is 12.7. The lowest BCUT2D eigenvalue weighted by Crippen LogP contribution is -2.22. The van der Waals surface area contributed by atoms with Crippen LogP contribution in [-0.2, 0) is 4.79 Å². The van der Waals surface area contributed by atoms with Gasteiger partial charge in [0, 0.05) is 6.54 Å². The van der Waals surface area contributed by atoms with Crippen molar-refractivity contribution in [2.45, 2.75) is 45.4 Å². The van der Waals surface area contributed by atoms with Crippen molar-refractivity contribution < 1.29 is 19.0 Å². The second kappa shape index (κ2) is 14.0. The van der Waals surface area contributed by atoms with Crippen molar-refractivity contribution in [2.24, 2.45) is 5.92 Å². The Labute approximate surface area is 233 Å². The van der Waals surface area contributed by atoms with Crippen molar-refractivity contribution in [1.29, 1.82) is 0 Å². The van der Waals surface area contributed by atoms with E-state index in [0.717, 1.165) is 78.0 Å². The summed E-state index contributed by atoms with van der Waals surface area (Å²) >= 11 is 0. The molecule has 1 fully saturated rings. The summed E-state index contributed by atoms with van der Waals surface area (Å²) in [5.41, 5.74) is 5.52. The SMILES string of the molecule is COc1ccc(/C(C)=C(\c2ccc(OCCCN(C)C)cc2)c2ccc(OC(=O)C3CCCCC3)cc2)cc1. The number of benzene rings is 3. The molecule has 206 valence electrons. The van der Waals surface area contributed by atoms with Gasteiger partial charge in [-0.05, 0) is 105 Å². The van der Waals surface area contributed by atoms with Crippen LogP contribution in [0.1, 0.15) is 62.1 Å². The van der Waals surface area contributed by atoms with Gasteiger partial charge in [-0.15, -0.1) is 0 Å². The summed E-state index contributed by atoms with van der Waals surface area (Å²) in [6.45, 7) is 3.82. The number of rotatable bonds is 11. The number of nitrogens with zero attached hydrogens (tertiary/aromatic N) is 1. The van der Waals surface area contributed by atoms with Crippen LogP contribution in [0.4, 0.5) is 0 Å². The predicted octanol–water partition coefficient (Wildman–Crippen LogP) is 7.49. The number of methoxy groups -OCH3 is 1. The molecule has 39 heavy (non-hydrogen) atoms. The summed E-state index contributed by atoms with van der Waals surface area (Å²) in [6.07, 6.45) is 6.27. The number of hydrogen-bond acceptors (Lipinski definition) is 5. The van der Waals surface area contributed by atoms with Gasteiger partial charge in [0.1, 0.15) is 17.2 Å². The molecule has 0 atom stereocenters. The van der Waals surface area contributed by atoms with Crippen LogP contribution in [0, 0.1) is 5.92 Å². The first-order valence-electron chi connectivity index (χ1n) is 14.0. The summed E-state index contributed by atoms with van der Waals surface area (Å²) in [4.78, 5) is 14.8. The summed E-state index contributed by atoms with van der Waals surface area (Å²) < 4.78 is 17.1. The van der Waals surface area contributed by atoms with E-state index in [2.05, 4.69) is 50.2 Å². The van der Waals surface area contributed by atoms with Crippen molar-refractivity contribution in [3.8, 4) is 17.2 Å². The number of ether oxygens (including phenoxy) is 3. The molecule has 5 nitrogen and oxygen atoms in total. The molecule has 1 aliphatic rings. The Morgan fingerprint density at radius 1 is 0.769 bits per heavy atom. The van der Waals surface area contributed by atoms with Gasteiger partial charge in [0.05, 0.1) is 19.6 Å². The molecule has 3 aromatic rings. The Balaban J connectivity index is 1.58. The molecule has 0 aliphatic heterocycles. The van der Waals surface area contributed by atoms with Crippen LogP contribution in [0.2, 0.25) is 0 Å². The van der Waals surface area contributed by atoms with Gasteiger partial charge in [-0.3, -0.25) is 4.79 Å². The van der Waals surface area contributed by atoms with Gasteiger partial charge in [0.15, 0.2) is 0 Å². The normalized spacial score (nSPS) is 14.6. The first kappa shape index (κ1) is 28.4. The molecular weight excluding hydrogens is 486 g/mol. The third kappa shape index (κ3) is 7.96. The molecule has 0 saturated heterocycles. The van der Waals surface area contributed by atoms with E-state index in [0.29, 0.717) is 12.4 Å². The molecule has 0 unspecified atom stereocenters. The highest BCUT2D eigenvalue weighted by Crippen LogP contribution is 2.35. The molecule has 5 heteroatoms. The maximum atomic E-state index is 12.7. The Bertz CT molecular complexity index is 1220. The Morgan fingerprint density at radius 3 is 1.87 bits per heavy atom. The molecule has 4 rings (SSSR count). The van der Waals surface area contributed by atoms with Gasteiger partial charge in [0.25, 0.3) is 0 Å². The molecule has 0 amide bonds. The highest BCUT2D eigenvalue weighted by atomic mass is 16.5. The molecule has 0 radical (unpaired) electrons. The average molecular weight is 528 g/mol. The molecule has 1 aliphatic carbocycles. The minimum atomic E-state index is -0.103. The third-order valence-electron chi connectivity index (χ3n) is 7.36. The van der Waals surface area contributed by atoms with E-state index >= 15 is 0 Å². The highest BCUT2D eigenvalue weighted by molar-refractivity contribution is 5.98. The Morgan fingerprint density at radius 2 is 1.31 bits per heavy atom. The van der Waals surface area contributed by atoms with E-state index in [1.54, 1.807) is 7.11 Å². The van der Waals surface area contributed by atoms with E-state index in [4.69, 9.17) is 14.2 Å².